The number of hydrogen-bond acceptors (Lipinski definition) is 3. The Morgan fingerprint density at radius 3 is 2.67 bits per heavy atom. The summed E-state index contributed by atoms with van der Waals surface area (Å²) in [6.45, 7) is 0. The monoisotopic (exact) mass is 221 g/mol. The molecule has 4 heteroatoms. The van der Waals surface area contributed by atoms with Crippen LogP contribution >= 0.6 is 11.6 Å². The minimum atomic E-state index is 0.214. The molecule has 1 heterocycles. The highest BCUT2D eigenvalue weighted by molar-refractivity contribution is 6.31. The predicted octanol–water partition coefficient (Wildman–Crippen LogP) is 3.41. The first-order chi connectivity index (χ1) is 7.31. The van der Waals surface area contributed by atoms with Gasteiger partial charge in [0.05, 0.1) is 11.8 Å². The zero-order valence-corrected chi connectivity index (χ0v) is 8.48. The fourth-order valence-corrected chi connectivity index (χ4v) is 1.46. The van der Waals surface area contributed by atoms with Crippen molar-refractivity contribution in [1.29, 1.82) is 0 Å². The van der Waals surface area contributed by atoms with E-state index in [1.165, 1.54) is 6.21 Å². The number of halogens is 1. The normalized spacial score (nSPS) is 11.0. The number of benzene rings is 1. The van der Waals surface area contributed by atoms with Crippen molar-refractivity contribution in [3.63, 3.8) is 0 Å². The Morgan fingerprint density at radius 1 is 1.27 bits per heavy atom. The lowest BCUT2D eigenvalue weighted by atomic mass is 10.1. The average Bonchev–Trinajstić information content (AvgIpc) is 2.63. The molecule has 0 fully saturated rings. The molecular formula is C11H8ClNO2. The maximum atomic E-state index is 8.39. The molecule has 0 radical (unpaired) electrons. The number of hydrogen-bond donors (Lipinski definition) is 1. The highest BCUT2D eigenvalue weighted by Gasteiger charge is 2.08. The Kier molecular flexibility index (Phi) is 2.74. The molecule has 15 heavy (non-hydrogen) atoms. The zero-order valence-electron chi connectivity index (χ0n) is 7.72. The lowest BCUT2D eigenvalue weighted by Gasteiger charge is -1.93. The van der Waals surface area contributed by atoms with Gasteiger partial charge in [-0.05, 0) is 17.7 Å². The molecule has 76 valence electrons. The second-order valence-corrected chi connectivity index (χ2v) is 3.29. The summed E-state index contributed by atoms with van der Waals surface area (Å²) in [5, 5.41) is 11.5. The summed E-state index contributed by atoms with van der Waals surface area (Å²) < 4.78 is 5.32. The topological polar surface area (TPSA) is 45.7 Å². The van der Waals surface area contributed by atoms with E-state index in [0.717, 1.165) is 5.56 Å². The van der Waals surface area contributed by atoms with Crippen molar-refractivity contribution in [2.75, 3.05) is 0 Å². The van der Waals surface area contributed by atoms with Crippen LogP contribution in [0.1, 0.15) is 5.56 Å². The van der Waals surface area contributed by atoms with Crippen molar-refractivity contribution >= 4 is 17.8 Å². The highest BCUT2D eigenvalue weighted by atomic mass is 35.5. The van der Waals surface area contributed by atoms with Gasteiger partial charge in [-0.2, -0.15) is 0 Å². The molecule has 0 aliphatic rings. The van der Waals surface area contributed by atoms with E-state index >= 15 is 0 Å². The highest BCUT2D eigenvalue weighted by Crippen LogP contribution is 2.27. The van der Waals surface area contributed by atoms with Crippen molar-refractivity contribution < 1.29 is 9.62 Å². The first kappa shape index (κ1) is 9.80. The van der Waals surface area contributed by atoms with Crippen LogP contribution in [0.4, 0.5) is 0 Å². The molecule has 2 rings (SSSR count). The van der Waals surface area contributed by atoms with Gasteiger partial charge in [-0.15, -0.1) is 0 Å². The van der Waals surface area contributed by atoms with E-state index in [1.54, 1.807) is 6.07 Å². The Labute approximate surface area is 91.6 Å². The van der Waals surface area contributed by atoms with Gasteiger partial charge in [-0.1, -0.05) is 35.5 Å². The lowest BCUT2D eigenvalue weighted by molar-refractivity contribution is 0.322. The second kappa shape index (κ2) is 4.19. The minimum Gasteiger partial charge on any atom is -0.444 e. The van der Waals surface area contributed by atoms with Crippen LogP contribution < -0.4 is 0 Å². The summed E-state index contributed by atoms with van der Waals surface area (Å²) >= 11 is 5.80. The van der Waals surface area contributed by atoms with E-state index < -0.39 is 0 Å². The lowest BCUT2D eigenvalue weighted by Crippen LogP contribution is -1.75. The summed E-state index contributed by atoms with van der Waals surface area (Å²) in [5.74, 6) is 0.649. The molecule has 0 saturated carbocycles. The zero-order chi connectivity index (χ0) is 10.7. The van der Waals surface area contributed by atoms with Crippen molar-refractivity contribution in [3.8, 4) is 11.3 Å². The van der Waals surface area contributed by atoms with Crippen LogP contribution in [0.2, 0.25) is 5.22 Å². The summed E-state index contributed by atoms with van der Waals surface area (Å²) in [7, 11) is 0. The van der Waals surface area contributed by atoms with Crippen molar-refractivity contribution in [2.45, 2.75) is 0 Å². The summed E-state index contributed by atoms with van der Waals surface area (Å²) in [5.41, 5.74) is 1.48. The van der Waals surface area contributed by atoms with E-state index in [9.17, 15) is 0 Å². The van der Waals surface area contributed by atoms with Gasteiger partial charge in [0.2, 0.25) is 5.22 Å². The fourth-order valence-electron chi connectivity index (χ4n) is 1.28. The molecule has 0 spiro atoms. The van der Waals surface area contributed by atoms with E-state index in [1.807, 2.05) is 30.3 Å². The number of rotatable bonds is 2. The van der Waals surface area contributed by atoms with Gasteiger partial charge in [0, 0.05) is 5.56 Å². The fraction of sp³-hybridized carbons (Fsp3) is 0. The molecule has 0 aliphatic heterocycles. The maximum Gasteiger partial charge on any atom is 0.202 e. The van der Waals surface area contributed by atoms with Gasteiger partial charge < -0.3 is 9.62 Å². The van der Waals surface area contributed by atoms with Crippen LogP contribution in [0.15, 0.2) is 46.0 Å². The smallest absolute Gasteiger partial charge is 0.202 e. The molecule has 1 aromatic carbocycles. The van der Waals surface area contributed by atoms with Crippen LogP contribution in [-0.4, -0.2) is 11.4 Å². The van der Waals surface area contributed by atoms with Crippen LogP contribution in [0.3, 0.4) is 0 Å². The number of nitrogens with zero attached hydrogens (tertiary/aromatic N) is 1. The Hall–Kier alpha value is -1.74. The molecule has 0 atom stereocenters. The first-order valence-electron chi connectivity index (χ1n) is 4.33. The molecule has 0 unspecified atom stereocenters. The maximum absolute atomic E-state index is 8.39. The summed E-state index contributed by atoms with van der Waals surface area (Å²) in [6, 6.07) is 11.3. The summed E-state index contributed by atoms with van der Waals surface area (Å²) in [6.07, 6.45) is 1.23. The van der Waals surface area contributed by atoms with E-state index in [0.29, 0.717) is 11.3 Å². The van der Waals surface area contributed by atoms with Crippen molar-refractivity contribution in [2.24, 2.45) is 5.16 Å². The third-order valence-electron chi connectivity index (χ3n) is 1.97. The second-order valence-electron chi connectivity index (χ2n) is 2.95. The molecular weight excluding hydrogens is 214 g/mol. The van der Waals surface area contributed by atoms with Crippen LogP contribution in [0, 0.1) is 0 Å². The van der Waals surface area contributed by atoms with Crippen molar-refractivity contribution in [3.05, 3.63) is 47.2 Å². The largest absolute Gasteiger partial charge is 0.444 e. The Bertz CT molecular complexity index is 477. The summed E-state index contributed by atoms with van der Waals surface area (Å²) in [4.78, 5) is 0. The average molecular weight is 222 g/mol. The molecule has 1 N–H and O–H groups in total. The predicted molar refractivity (Wildman–Crippen MR) is 58.5 cm³/mol. The Balaban J connectivity index is 2.43. The van der Waals surface area contributed by atoms with E-state index in [2.05, 4.69) is 5.16 Å². The number of furan rings is 1. The molecule has 1 aromatic heterocycles. The molecule has 0 bridgehead atoms. The van der Waals surface area contributed by atoms with Crippen LogP contribution in [0.5, 0.6) is 0 Å². The first-order valence-corrected chi connectivity index (χ1v) is 4.71. The SMILES string of the molecule is ON=Cc1cc(-c2ccccc2)oc1Cl. The molecule has 2 aromatic rings. The third kappa shape index (κ3) is 2.02. The van der Waals surface area contributed by atoms with Gasteiger partial charge >= 0.3 is 0 Å². The number of oxime groups is 1. The molecule has 0 amide bonds. The van der Waals surface area contributed by atoms with Gasteiger partial charge in [-0.3, -0.25) is 0 Å². The van der Waals surface area contributed by atoms with Gasteiger partial charge in [-0.25, -0.2) is 0 Å². The van der Waals surface area contributed by atoms with E-state index in [-0.39, 0.29) is 5.22 Å². The Morgan fingerprint density at radius 2 is 2.00 bits per heavy atom. The minimum absolute atomic E-state index is 0.214. The molecule has 3 nitrogen and oxygen atoms in total. The van der Waals surface area contributed by atoms with Crippen LogP contribution in [-0.2, 0) is 0 Å². The quantitative estimate of drug-likeness (QED) is 0.480. The standard InChI is InChI=1S/C11H8ClNO2/c12-11-9(7-13-14)6-10(15-11)8-4-2-1-3-5-8/h1-7,14H. The third-order valence-corrected chi connectivity index (χ3v) is 2.26. The van der Waals surface area contributed by atoms with Gasteiger partial charge in [0.25, 0.3) is 0 Å². The van der Waals surface area contributed by atoms with Gasteiger partial charge in [0.15, 0.2) is 0 Å². The molecule has 0 aliphatic carbocycles. The molecule has 0 saturated heterocycles. The van der Waals surface area contributed by atoms with E-state index in [4.69, 9.17) is 21.2 Å². The van der Waals surface area contributed by atoms with Crippen LogP contribution in [0.25, 0.3) is 11.3 Å². The van der Waals surface area contributed by atoms with Gasteiger partial charge in [0.1, 0.15) is 5.76 Å². The van der Waals surface area contributed by atoms with Crippen molar-refractivity contribution in [1.82, 2.24) is 0 Å².